The average Bonchev–Trinajstić information content (AvgIpc) is 3.41. The first-order valence-electron chi connectivity index (χ1n) is 13.2. The minimum Gasteiger partial charge on any atom is -0.478 e. The zero-order chi connectivity index (χ0) is 26.0. The van der Waals surface area contributed by atoms with Gasteiger partial charge in [-0.1, -0.05) is 40.8 Å². The lowest BCUT2D eigenvalue weighted by atomic mass is 9.99. The summed E-state index contributed by atoms with van der Waals surface area (Å²) in [5, 5.41) is 14.5. The summed E-state index contributed by atoms with van der Waals surface area (Å²) in [5.74, 6) is -0.307. The van der Waals surface area contributed by atoms with E-state index in [0.29, 0.717) is 17.2 Å². The van der Waals surface area contributed by atoms with Crippen molar-refractivity contribution in [2.75, 3.05) is 4.90 Å². The van der Waals surface area contributed by atoms with Crippen LogP contribution in [0.5, 0.6) is 0 Å². The van der Waals surface area contributed by atoms with Crippen LogP contribution in [-0.4, -0.2) is 39.4 Å². The SMILES string of the molecule is Cc1ccccc1-c1noc(C2CC2)c1CO[C@H]1C[C@H]2CC[C@@H](C1)N2c1nc2c(F)cc(C(=O)O)cc2s1. The standard InChI is InChI=1S/C29H28FN3O4S/c1-15-4-2-3-5-21(15)25-22(27(37-32-25)16-6-7-16)14-36-20-12-18-8-9-19(13-20)33(18)29-31-26-23(30)10-17(28(34)35)11-24(26)38-29/h2-5,10-11,16,18-20H,6-9,12-14H2,1H3,(H,34,35)/t18-,19+,20+. The molecule has 7 rings (SSSR count). The third kappa shape index (κ3) is 4.08. The molecule has 3 atom stereocenters. The Balaban J connectivity index is 1.10. The second-order valence-electron chi connectivity index (χ2n) is 10.8. The van der Waals surface area contributed by atoms with Gasteiger partial charge in [0, 0.05) is 29.1 Å². The van der Waals surface area contributed by atoms with Crippen LogP contribution in [0.3, 0.4) is 0 Å². The molecule has 0 radical (unpaired) electrons. The summed E-state index contributed by atoms with van der Waals surface area (Å²) in [7, 11) is 0. The summed E-state index contributed by atoms with van der Waals surface area (Å²) in [6.45, 7) is 2.57. The Bertz CT molecular complexity index is 1530. The van der Waals surface area contributed by atoms with E-state index in [4.69, 9.17) is 9.26 Å². The molecule has 2 aliphatic heterocycles. The van der Waals surface area contributed by atoms with Gasteiger partial charge in [-0.3, -0.25) is 0 Å². The Kier molecular flexibility index (Phi) is 5.74. The number of aryl methyl sites for hydroxylation is 1. The highest BCUT2D eigenvalue weighted by Gasteiger charge is 2.43. The number of thiazole rings is 1. The van der Waals surface area contributed by atoms with Gasteiger partial charge in [0.15, 0.2) is 10.9 Å². The number of rotatable bonds is 7. The molecule has 4 heterocycles. The molecule has 2 bridgehead atoms. The monoisotopic (exact) mass is 533 g/mol. The number of anilines is 1. The summed E-state index contributed by atoms with van der Waals surface area (Å²) in [4.78, 5) is 18.3. The summed E-state index contributed by atoms with van der Waals surface area (Å²) in [6, 6.07) is 11.3. The predicted molar refractivity (Wildman–Crippen MR) is 142 cm³/mol. The molecular formula is C29H28FN3O4S. The van der Waals surface area contributed by atoms with Gasteiger partial charge in [0.1, 0.15) is 17.0 Å². The van der Waals surface area contributed by atoms with Crippen LogP contribution in [0.1, 0.15) is 71.7 Å². The van der Waals surface area contributed by atoms with E-state index < -0.39 is 11.8 Å². The molecule has 0 spiro atoms. The van der Waals surface area contributed by atoms with Crippen LogP contribution in [0.2, 0.25) is 0 Å². The maximum Gasteiger partial charge on any atom is 0.335 e. The summed E-state index contributed by atoms with van der Waals surface area (Å²) in [6.07, 6.45) is 6.21. The topological polar surface area (TPSA) is 88.7 Å². The summed E-state index contributed by atoms with van der Waals surface area (Å²) >= 11 is 1.37. The zero-order valence-corrected chi connectivity index (χ0v) is 21.8. The fraction of sp³-hybridized carbons (Fsp3) is 0.414. The number of carboxylic acids is 1. The Hall–Kier alpha value is -3.30. The van der Waals surface area contributed by atoms with Crippen LogP contribution in [0, 0.1) is 12.7 Å². The zero-order valence-electron chi connectivity index (χ0n) is 21.0. The van der Waals surface area contributed by atoms with E-state index in [0.717, 1.165) is 72.3 Å². The van der Waals surface area contributed by atoms with Crippen molar-refractivity contribution in [2.24, 2.45) is 0 Å². The number of piperidine rings is 1. The van der Waals surface area contributed by atoms with Crippen LogP contribution >= 0.6 is 11.3 Å². The molecule has 7 nitrogen and oxygen atoms in total. The molecule has 2 aromatic carbocycles. The molecule has 38 heavy (non-hydrogen) atoms. The quantitative estimate of drug-likeness (QED) is 0.283. The first-order valence-corrected chi connectivity index (χ1v) is 14.1. The lowest BCUT2D eigenvalue weighted by Gasteiger charge is -2.38. The van der Waals surface area contributed by atoms with Crippen molar-refractivity contribution in [3.8, 4) is 11.3 Å². The number of hydrogen-bond acceptors (Lipinski definition) is 7. The van der Waals surface area contributed by atoms with E-state index >= 15 is 0 Å². The minimum absolute atomic E-state index is 0.0513. The lowest BCUT2D eigenvalue weighted by molar-refractivity contribution is 0.0147. The normalized spacial score (nSPS) is 22.9. The Morgan fingerprint density at radius 2 is 1.95 bits per heavy atom. The number of aromatic carboxylic acids is 1. The number of ether oxygens (including phenoxy) is 1. The Morgan fingerprint density at radius 3 is 2.66 bits per heavy atom. The molecule has 9 heteroatoms. The van der Waals surface area contributed by atoms with Crippen molar-refractivity contribution in [1.82, 2.24) is 10.1 Å². The van der Waals surface area contributed by atoms with Gasteiger partial charge in [-0.05, 0) is 63.1 Å². The maximum atomic E-state index is 14.6. The minimum atomic E-state index is -1.14. The fourth-order valence-corrected chi connectivity index (χ4v) is 7.33. The second-order valence-corrected chi connectivity index (χ2v) is 11.8. The van der Waals surface area contributed by atoms with Crippen LogP contribution in [-0.2, 0) is 11.3 Å². The Labute approximate surface area is 223 Å². The molecule has 1 saturated carbocycles. The molecule has 0 amide bonds. The van der Waals surface area contributed by atoms with Crippen molar-refractivity contribution in [3.05, 3.63) is 64.7 Å². The van der Waals surface area contributed by atoms with Crippen LogP contribution in [0.15, 0.2) is 40.9 Å². The van der Waals surface area contributed by atoms with Crippen molar-refractivity contribution in [2.45, 2.75) is 76.2 Å². The lowest BCUT2D eigenvalue weighted by Crippen LogP contribution is -2.45. The van der Waals surface area contributed by atoms with Gasteiger partial charge in [-0.15, -0.1) is 0 Å². The molecule has 1 N–H and O–H groups in total. The van der Waals surface area contributed by atoms with E-state index in [9.17, 15) is 14.3 Å². The molecule has 2 saturated heterocycles. The molecule has 0 unspecified atom stereocenters. The average molecular weight is 534 g/mol. The largest absolute Gasteiger partial charge is 0.478 e. The molecule has 196 valence electrons. The third-order valence-corrected chi connectivity index (χ3v) is 9.24. The van der Waals surface area contributed by atoms with E-state index in [1.807, 2.05) is 12.1 Å². The number of fused-ring (bicyclic) bond motifs is 3. The third-order valence-electron chi connectivity index (χ3n) is 8.23. The van der Waals surface area contributed by atoms with Crippen molar-refractivity contribution < 1.29 is 23.6 Å². The maximum absolute atomic E-state index is 14.6. The predicted octanol–water partition coefficient (Wildman–Crippen LogP) is 6.69. The first kappa shape index (κ1) is 23.8. The highest BCUT2D eigenvalue weighted by atomic mass is 32.1. The number of carboxylic acid groups (broad SMARTS) is 1. The molecule has 2 aromatic heterocycles. The summed E-state index contributed by atoms with van der Waals surface area (Å²) < 4.78 is 27.6. The first-order chi connectivity index (χ1) is 18.5. The molecular weight excluding hydrogens is 505 g/mol. The van der Waals surface area contributed by atoms with E-state index in [1.165, 1.54) is 23.0 Å². The van der Waals surface area contributed by atoms with Crippen molar-refractivity contribution >= 4 is 32.7 Å². The van der Waals surface area contributed by atoms with E-state index in [1.54, 1.807) is 0 Å². The highest BCUT2D eigenvalue weighted by molar-refractivity contribution is 7.22. The van der Waals surface area contributed by atoms with Gasteiger partial charge in [-0.2, -0.15) is 0 Å². The van der Waals surface area contributed by atoms with Crippen LogP contribution in [0.25, 0.3) is 21.5 Å². The van der Waals surface area contributed by atoms with Gasteiger partial charge in [0.25, 0.3) is 0 Å². The van der Waals surface area contributed by atoms with E-state index in [-0.39, 0.29) is 29.3 Å². The van der Waals surface area contributed by atoms with Gasteiger partial charge in [-0.25, -0.2) is 14.2 Å². The fourth-order valence-electron chi connectivity index (χ4n) is 6.17. The number of nitrogens with zero attached hydrogens (tertiary/aromatic N) is 3. The molecule has 1 aliphatic carbocycles. The number of aromatic nitrogens is 2. The van der Waals surface area contributed by atoms with Gasteiger partial charge in [0.05, 0.1) is 23.0 Å². The molecule has 3 aliphatic rings. The number of hydrogen-bond donors (Lipinski definition) is 1. The highest BCUT2D eigenvalue weighted by Crippen LogP contribution is 2.46. The smallest absolute Gasteiger partial charge is 0.335 e. The second kappa shape index (κ2) is 9.17. The van der Waals surface area contributed by atoms with Crippen LogP contribution < -0.4 is 4.90 Å². The number of benzene rings is 2. The Morgan fingerprint density at radius 1 is 1.18 bits per heavy atom. The number of carbonyl (C=O) groups is 1. The number of halogens is 1. The van der Waals surface area contributed by atoms with Crippen molar-refractivity contribution in [3.63, 3.8) is 0 Å². The van der Waals surface area contributed by atoms with Gasteiger partial charge < -0.3 is 19.3 Å². The van der Waals surface area contributed by atoms with Crippen LogP contribution in [0.4, 0.5) is 9.52 Å². The van der Waals surface area contributed by atoms with Crippen molar-refractivity contribution in [1.29, 1.82) is 0 Å². The van der Waals surface area contributed by atoms with Gasteiger partial charge >= 0.3 is 5.97 Å². The summed E-state index contributed by atoms with van der Waals surface area (Å²) in [5.41, 5.74) is 4.42. The molecule has 4 aromatic rings. The van der Waals surface area contributed by atoms with E-state index in [2.05, 4.69) is 34.1 Å². The van der Waals surface area contributed by atoms with Gasteiger partial charge in [0.2, 0.25) is 0 Å². The molecule has 3 fully saturated rings.